The molecule has 0 radical (unpaired) electrons. The van der Waals surface area contributed by atoms with Crippen LogP contribution in [0.2, 0.25) is 0 Å². The van der Waals surface area contributed by atoms with Gasteiger partial charge in [-0.1, -0.05) is 6.92 Å². The number of pyridine rings is 1. The van der Waals surface area contributed by atoms with Gasteiger partial charge in [0.25, 0.3) is 0 Å². The van der Waals surface area contributed by atoms with E-state index in [0.717, 1.165) is 24.3 Å². The first-order valence-corrected chi connectivity index (χ1v) is 6.14. The Balaban J connectivity index is 2.87. The second-order valence-electron chi connectivity index (χ2n) is 4.52. The Kier molecular flexibility index (Phi) is 5.35. The summed E-state index contributed by atoms with van der Waals surface area (Å²) < 4.78 is 13.2. The molecule has 4 heteroatoms. The summed E-state index contributed by atoms with van der Waals surface area (Å²) in [5.41, 5.74) is 0.912. The molecule has 0 unspecified atom stereocenters. The molecule has 0 aliphatic heterocycles. The first kappa shape index (κ1) is 13.9. The molecule has 1 rings (SSSR count). The van der Waals surface area contributed by atoms with E-state index in [9.17, 15) is 4.39 Å². The van der Waals surface area contributed by atoms with Crippen LogP contribution < -0.4 is 10.2 Å². The summed E-state index contributed by atoms with van der Waals surface area (Å²) in [7, 11) is 1.98. The van der Waals surface area contributed by atoms with Crippen molar-refractivity contribution >= 4 is 5.82 Å². The number of rotatable bonds is 6. The second-order valence-corrected chi connectivity index (χ2v) is 4.52. The van der Waals surface area contributed by atoms with Crippen molar-refractivity contribution in [3.63, 3.8) is 0 Å². The Morgan fingerprint density at radius 1 is 1.47 bits per heavy atom. The number of halogens is 1. The van der Waals surface area contributed by atoms with Crippen LogP contribution >= 0.6 is 0 Å². The van der Waals surface area contributed by atoms with Gasteiger partial charge in [0, 0.05) is 25.2 Å². The van der Waals surface area contributed by atoms with Crippen molar-refractivity contribution in [2.45, 2.75) is 39.8 Å². The van der Waals surface area contributed by atoms with Crippen LogP contribution in [0.1, 0.15) is 32.8 Å². The van der Waals surface area contributed by atoms with E-state index < -0.39 is 0 Å². The smallest absolute Gasteiger partial charge is 0.141 e. The molecule has 0 aromatic carbocycles. The fraction of sp³-hybridized carbons (Fsp3) is 0.615. The minimum Gasteiger partial charge on any atom is -0.357 e. The number of hydrogen-bond donors (Lipinski definition) is 1. The molecule has 0 saturated carbocycles. The van der Waals surface area contributed by atoms with Crippen LogP contribution in [-0.4, -0.2) is 24.6 Å². The van der Waals surface area contributed by atoms with E-state index in [1.165, 1.54) is 6.20 Å². The van der Waals surface area contributed by atoms with Crippen molar-refractivity contribution in [1.82, 2.24) is 10.3 Å². The van der Waals surface area contributed by atoms with E-state index >= 15 is 0 Å². The molecule has 0 saturated heterocycles. The molecule has 0 aliphatic rings. The summed E-state index contributed by atoms with van der Waals surface area (Å²) in [6.45, 7) is 7.88. The molecule has 0 amide bonds. The molecule has 96 valence electrons. The molecule has 0 spiro atoms. The average molecular weight is 239 g/mol. The Labute approximate surface area is 103 Å². The fourth-order valence-corrected chi connectivity index (χ4v) is 1.57. The summed E-state index contributed by atoms with van der Waals surface area (Å²) in [5.74, 6) is 0.573. The maximum absolute atomic E-state index is 13.2. The van der Waals surface area contributed by atoms with Crippen LogP contribution in [0.3, 0.4) is 0 Å². The van der Waals surface area contributed by atoms with Gasteiger partial charge >= 0.3 is 0 Å². The standard InChI is InChI=1S/C13H22FN3/c1-5-6-15-8-11-7-12(14)9-16-13(11)17(4)10(2)3/h7,9-10,15H,5-6,8H2,1-4H3. The average Bonchev–Trinajstić information content (AvgIpc) is 2.28. The highest BCUT2D eigenvalue weighted by atomic mass is 19.1. The topological polar surface area (TPSA) is 28.2 Å². The van der Waals surface area contributed by atoms with Crippen LogP contribution in [0.25, 0.3) is 0 Å². The molecule has 1 aromatic rings. The fourth-order valence-electron chi connectivity index (χ4n) is 1.57. The van der Waals surface area contributed by atoms with Crippen LogP contribution in [0.5, 0.6) is 0 Å². The quantitative estimate of drug-likeness (QED) is 0.773. The number of aromatic nitrogens is 1. The molecular weight excluding hydrogens is 217 g/mol. The van der Waals surface area contributed by atoms with Gasteiger partial charge in [0.15, 0.2) is 0 Å². The van der Waals surface area contributed by atoms with E-state index in [1.807, 2.05) is 7.05 Å². The van der Waals surface area contributed by atoms with Crippen LogP contribution in [0, 0.1) is 5.82 Å². The van der Waals surface area contributed by atoms with Gasteiger partial charge in [-0.05, 0) is 32.9 Å². The van der Waals surface area contributed by atoms with Crippen molar-refractivity contribution in [3.05, 3.63) is 23.6 Å². The SMILES string of the molecule is CCCNCc1cc(F)cnc1N(C)C(C)C. The molecule has 1 heterocycles. The third-order valence-electron chi connectivity index (χ3n) is 2.76. The highest BCUT2D eigenvalue weighted by Crippen LogP contribution is 2.19. The van der Waals surface area contributed by atoms with Crippen molar-refractivity contribution in [1.29, 1.82) is 0 Å². The van der Waals surface area contributed by atoms with Gasteiger partial charge in [-0.25, -0.2) is 9.37 Å². The molecule has 3 nitrogen and oxygen atoms in total. The highest BCUT2D eigenvalue weighted by molar-refractivity contribution is 5.46. The minimum atomic E-state index is -0.279. The Morgan fingerprint density at radius 2 is 2.18 bits per heavy atom. The van der Waals surface area contributed by atoms with Gasteiger partial charge in [-0.3, -0.25) is 0 Å². The van der Waals surface area contributed by atoms with Crippen molar-refractivity contribution in [3.8, 4) is 0 Å². The number of hydrogen-bond acceptors (Lipinski definition) is 3. The van der Waals surface area contributed by atoms with E-state index in [1.54, 1.807) is 6.07 Å². The largest absolute Gasteiger partial charge is 0.357 e. The second kappa shape index (κ2) is 6.55. The summed E-state index contributed by atoms with van der Waals surface area (Å²) in [6, 6.07) is 1.90. The first-order chi connectivity index (χ1) is 8.06. The Hall–Kier alpha value is -1.16. The Morgan fingerprint density at radius 3 is 2.76 bits per heavy atom. The molecule has 17 heavy (non-hydrogen) atoms. The maximum Gasteiger partial charge on any atom is 0.141 e. The summed E-state index contributed by atoms with van der Waals surface area (Å²) in [4.78, 5) is 6.25. The lowest BCUT2D eigenvalue weighted by atomic mass is 10.2. The van der Waals surface area contributed by atoms with E-state index in [4.69, 9.17) is 0 Å². The third-order valence-corrected chi connectivity index (χ3v) is 2.76. The molecule has 0 atom stereocenters. The number of nitrogens with one attached hydrogen (secondary N) is 1. The Bertz CT molecular complexity index is 353. The van der Waals surface area contributed by atoms with Crippen molar-refractivity contribution in [2.75, 3.05) is 18.5 Å². The van der Waals surface area contributed by atoms with Gasteiger partial charge in [-0.15, -0.1) is 0 Å². The predicted octanol–water partition coefficient (Wildman–Crippen LogP) is 2.56. The van der Waals surface area contributed by atoms with Gasteiger partial charge < -0.3 is 10.2 Å². The van der Waals surface area contributed by atoms with E-state index in [2.05, 4.69) is 36.0 Å². The zero-order valence-electron chi connectivity index (χ0n) is 11.1. The van der Waals surface area contributed by atoms with Crippen LogP contribution in [0.15, 0.2) is 12.3 Å². The monoisotopic (exact) mass is 239 g/mol. The lowest BCUT2D eigenvalue weighted by Gasteiger charge is -2.25. The summed E-state index contributed by atoms with van der Waals surface area (Å²) in [6.07, 6.45) is 2.34. The molecular formula is C13H22FN3. The van der Waals surface area contributed by atoms with Gasteiger partial charge in [-0.2, -0.15) is 0 Å². The third kappa shape index (κ3) is 3.97. The first-order valence-electron chi connectivity index (χ1n) is 6.14. The van der Waals surface area contributed by atoms with Crippen molar-refractivity contribution < 1.29 is 4.39 Å². The lowest BCUT2D eigenvalue weighted by Crippen LogP contribution is -2.29. The maximum atomic E-state index is 13.2. The molecule has 0 aliphatic carbocycles. The number of anilines is 1. The van der Waals surface area contributed by atoms with Gasteiger partial charge in [0.05, 0.1) is 6.20 Å². The predicted molar refractivity (Wildman–Crippen MR) is 69.7 cm³/mol. The van der Waals surface area contributed by atoms with Gasteiger partial charge in [0.2, 0.25) is 0 Å². The highest BCUT2D eigenvalue weighted by Gasteiger charge is 2.12. The summed E-state index contributed by atoms with van der Waals surface area (Å²) >= 11 is 0. The zero-order chi connectivity index (χ0) is 12.8. The minimum absolute atomic E-state index is 0.279. The van der Waals surface area contributed by atoms with Crippen molar-refractivity contribution in [2.24, 2.45) is 0 Å². The van der Waals surface area contributed by atoms with Crippen LogP contribution in [-0.2, 0) is 6.54 Å². The normalized spacial score (nSPS) is 10.9. The van der Waals surface area contributed by atoms with E-state index in [-0.39, 0.29) is 5.82 Å². The van der Waals surface area contributed by atoms with Gasteiger partial charge in [0.1, 0.15) is 11.6 Å². The zero-order valence-corrected chi connectivity index (χ0v) is 11.1. The van der Waals surface area contributed by atoms with E-state index in [0.29, 0.717) is 12.6 Å². The molecule has 1 N–H and O–H groups in total. The summed E-state index contributed by atoms with van der Waals surface area (Å²) in [5, 5.41) is 3.28. The molecule has 0 bridgehead atoms. The van der Waals surface area contributed by atoms with Crippen LogP contribution in [0.4, 0.5) is 10.2 Å². The molecule has 1 aromatic heterocycles. The number of nitrogens with zero attached hydrogens (tertiary/aromatic N) is 2. The molecule has 0 fully saturated rings. The lowest BCUT2D eigenvalue weighted by molar-refractivity contribution is 0.608.